The van der Waals surface area contributed by atoms with Gasteiger partial charge in [0.25, 0.3) is 0 Å². The molecule has 4 aromatic rings. The Morgan fingerprint density at radius 2 is 1.78 bits per heavy atom. The lowest BCUT2D eigenvalue weighted by atomic mass is 10.1. The van der Waals surface area contributed by atoms with Crippen LogP contribution in [-0.2, 0) is 0 Å². The average molecular weight is 429 g/mol. The topological polar surface area (TPSA) is 128 Å². The molecule has 0 unspecified atom stereocenters. The van der Waals surface area contributed by atoms with Crippen molar-refractivity contribution >= 4 is 40.0 Å². The molecule has 4 rings (SSSR count). The number of amides is 2. The number of fused-ring (bicyclic) bond motifs is 1. The van der Waals surface area contributed by atoms with E-state index < -0.39 is 6.03 Å². The summed E-state index contributed by atoms with van der Waals surface area (Å²) in [6.07, 6.45) is 4.56. The minimum atomic E-state index is -0.422. The molecule has 32 heavy (non-hydrogen) atoms. The number of carbonyl (C=O) groups is 2. The number of nitrogens with two attached hydrogens (primary N) is 1. The Morgan fingerprint density at radius 1 is 1.03 bits per heavy atom. The van der Waals surface area contributed by atoms with Crippen molar-refractivity contribution in [2.45, 2.75) is 26.8 Å². The number of carbonyl (C=O) groups excluding carboxylic acids is 2. The number of benzene rings is 1. The quantitative estimate of drug-likeness (QED) is 0.409. The molecule has 0 spiro atoms. The molecule has 3 heterocycles. The first kappa shape index (κ1) is 21.0. The number of nitrogens with zero attached hydrogens (tertiary/aromatic N) is 4. The highest BCUT2D eigenvalue weighted by Gasteiger charge is 2.22. The molecular weight excluding hydrogens is 406 g/mol. The number of hydrogen-bond donors (Lipinski definition) is 3. The van der Waals surface area contributed by atoms with Gasteiger partial charge in [-0.15, -0.1) is 0 Å². The number of rotatable bonds is 5. The van der Waals surface area contributed by atoms with Gasteiger partial charge in [-0.2, -0.15) is 0 Å². The smallest absolute Gasteiger partial charge is 0.323 e. The second-order valence-electron chi connectivity index (χ2n) is 7.71. The van der Waals surface area contributed by atoms with Crippen molar-refractivity contribution in [1.82, 2.24) is 19.5 Å². The molecule has 0 saturated heterocycles. The number of ketones is 1. The Hall–Kier alpha value is -4.27. The largest absolute Gasteiger partial charge is 0.383 e. The zero-order valence-electron chi connectivity index (χ0n) is 18.0. The van der Waals surface area contributed by atoms with E-state index in [1.54, 1.807) is 18.3 Å². The molecular formula is C23H23N7O2. The van der Waals surface area contributed by atoms with Gasteiger partial charge >= 0.3 is 6.03 Å². The number of aryl methyl sites for hydroxylation is 1. The molecule has 0 saturated carbocycles. The number of urea groups is 1. The van der Waals surface area contributed by atoms with E-state index in [1.807, 2.05) is 43.5 Å². The third kappa shape index (κ3) is 4.13. The minimum absolute atomic E-state index is 0.0691. The predicted molar refractivity (Wildman–Crippen MR) is 124 cm³/mol. The summed E-state index contributed by atoms with van der Waals surface area (Å²) in [6.45, 7) is 5.92. The molecule has 0 radical (unpaired) electrons. The van der Waals surface area contributed by atoms with Crippen LogP contribution < -0.4 is 16.4 Å². The highest BCUT2D eigenvalue weighted by Crippen LogP contribution is 2.28. The van der Waals surface area contributed by atoms with Crippen LogP contribution in [0.4, 0.5) is 22.0 Å². The molecule has 2 amide bonds. The lowest BCUT2D eigenvalue weighted by molar-refractivity contribution is 0.103. The first-order valence-corrected chi connectivity index (χ1v) is 10.1. The minimum Gasteiger partial charge on any atom is -0.383 e. The van der Waals surface area contributed by atoms with Gasteiger partial charge in [0.1, 0.15) is 23.5 Å². The maximum Gasteiger partial charge on any atom is 0.323 e. The zero-order chi connectivity index (χ0) is 22.8. The predicted octanol–water partition coefficient (Wildman–Crippen LogP) is 4.17. The van der Waals surface area contributed by atoms with Crippen molar-refractivity contribution in [1.29, 1.82) is 0 Å². The summed E-state index contributed by atoms with van der Waals surface area (Å²) in [7, 11) is 0. The van der Waals surface area contributed by atoms with E-state index >= 15 is 0 Å². The van der Waals surface area contributed by atoms with Crippen molar-refractivity contribution < 1.29 is 9.59 Å². The third-order valence-corrected chi connectivity index (χ3v) is 4.97. The second kappa shape index (κ2) is 8.46. The monoisotopic (exact) mass is 429 g/mol. The van der Waals surface area contributed by atoms with Gasteiger partial charge in [0.05, 0.1) is 10.9 Å². The van der Waals surface area contributed by atoms with Gasteiger partial charge in [-0.3, -0.25) is 9.78 Å². The van der Waals surface area contributed by atoms with Gasteiger partial charge in [-0.05, 0) is 50.6 Å². The van der Waals surface area contributed by atoms with Crippen LogP contribution in [0.25, 0.3) is 11.0 Å². The number of hydrogen-bond acceptors (Lipinski definition) is 6. The number of pyridine rings is 1. The van der Waals surface area contributed by atoms with E-state index in [0.717, 1.165) is 5.56 Å². The Bertz CT molecular complexity index is 1330. The van der Waals surface area contributed by atoms with Crippen LogP contribution in [0.5, 0.6) is 0 Å². The average Bonchev–Trinajstić information content (AvgIpc) is 3.15. The fourth-order valence-electron chi connectivity index (χ4n) is 3.46. The highest BCUT2D eigenvalue weighted by atomic mass is 16.2. The van der Waals surface area contributed by atoms with Gasteiger partial charge in [-0.1, -0.05) is 12.1 Å². The van der Waals surface area contributed by atoms with Crippen molar-refractivity contribution in [2.24, 2.45) is 0 Å². The van der Waals surface area contributed by atoms with Crippen LogP contribution in [0.15, 0.2) is 55.1 Å². The summed E-state index contributed by atoms with van der Waals surface area (Å²) in [5, 5.41) is 5.99. The molecule has 0 aliphatic heterocycles. The van der Waals surface area contributed by atoms with Gasteiger partial charge < -0.3 is 20.9 Å². The maximum atomic E-state index is 13.3. The summed E-state index contributed by atoms with van der Waals surface area (Å²) >= 11 is 0. The number of nitrogen functional groups attached to an aromatic ring is 1. The van der Waals surface area contributed by atoms with Gasteiger partial charge in [0.2, 0.25) is 5.78 Å². The molecule has 0 bridgehead atoms. The Labute approximate surface area is 184 Å². The molecule has 0 atom stereocenters. The zero-order valence-corrected chi connectivity index (χ0v) is 18.0. The lowest BCUT2D eigenvalue weighted by Crippen LogP contribution is -2.19. The van der Waals surface area contributed by atoms with E-state index in [0.29, 0.717) is 28.0 Å². The van der Waals surface area contributed by atoms with Crippen molar-refractivity contribution in [2.75, 3.05) is 16.4 Å². The fraction of sp³-hybridized carbons (Fsp3) is 0.174. The lowest BCUT2D eigenvalue weighted by Gasteiger charge is -2.09. The molecule has 1 aromatic carbocycles. The highest BCUT2D eigenvalue weighted by molar-refractivity contribution is 6.17. The molecule has 9 heteroatoms. The van der Waals surface area contributed by atoms with Crippen LogP contribution in [0.1, 0.15) is 41.5 Å². The summed E-state index contributed by atoms with van der Waals surface area (Å²) in [5.41, 5.74) is 9.32. The van der Waals surface area contributed by atoms with Crippen molar-refractivity contribution in [3.63, 3.8) is 0 Å². The normalized spacial score (nSPS) is 11.0. The van der Waals surface area contributed by atoms with Crippen LogP contribution in [0.3, 0.4) is 0 Å². The standard InChI is InChI=1S/C23H23N7O2/c1-13(2)30-11-17(19-21(24)26-12-27-22(19)30)20(31)18-10-16(7-8-25-18)29-23(32)28-15-6-4-5-14(3)9-15/h4-13H,1-3H3,(H2,24,26,27)(H2,25,28,29,32). The molecule has 4 N–H and O–H groups in total. The summed E-state index contributed by atoms with van der Waals surface area (Å²) < 4.78 is 1.87. The molecule has 0 aliphatic rings. The van der Waals surface area contributed by atoms with Gasteiger partial charge in [-0.25, -0.2) is 14.8 Å². The van der Waals surface area contributed by atoms with Crippen LogP contribution in [-0.4, -0.2) is 31.3 Å². The summed E-state index contributed by atoms with van der Waals surface area (Å²) in [4.78, 5) is 38.2. The summed E-state index contributed by atoms with van der Waals surface area (Å²) in [6, 6.07) is 10.2. The van der Waals surface area contributed by atoms with Crippen molar-refractivity contribution in [3.8, 4) is 0 Å². The Morgan fingerprint density at radius 3 is 2.50 bits per heavy atom. The number of nitrogens with one attached hydrogen (secondary N) is 2. The van der Waals surface area contributed by atoms with Crippen LogP contribution in [0.2, 0.25) is 0 Å². The second-order valence-corrected chi connectivity index (χ2v) is 7.71. The maximum absolute atomic E-state index is 13.3. The number of aromatic nitrogens is 4. The molecule has 162 valence electrons. The van der Waals surface area contributed by atoms with E-state index in [1.165, 1.54) is 18.6 Å². The number of anilines is 3. The van der Waals surface area contributed by atoms with E-state index in [9.17, 15) is 9.59 Å². The Kier molecular flexibility index (Phi) is 5.55. The molecule has 0 aliphatic carbocycles. The third-order valence-electron chi connectivity index (χ3n) is 4.97. The van der Waals surface area contributed by atoms with E-state index in [-0.39, 0.29) is 23.3 Å². The fourth-order valence-corrected chi connectivity index (χ4v) is 3.46. The summed E-state index contributed by atoms with van der Waals surface area (Å²) in [5.74, 6) is -0.108. The van der Waals surface area contributed by atoms with Crippen LogP contribution >= 0.6 is 0 Å². The molecule has 3 aromatic heterocycles. The van der Waals surface area contributed by atoms with Crippen LogP contribution in [0, 0.1) is 6.92 Å². The molecule has 9 nitrogen and oxygen atoms in total. The first-order chi connectivity index (χ1) is 15.3. The van der Waals surface area contributed by atoms with Gasteiger partial charge in [0, 0.05) is 29.8 Å². The Balaban J connectivity index is 1.61. The van der Waals surface area contributed by atoms with E-state index in [4.69, 9.17) is 5.73 Å². The first-order valence-electron chi connectivity index (χ1n) is 10.1. The van der Waals surface area contributed by atoms with Crippen molar-refractivity contribution in [3.05, 3.63) is 71.9 Å². The SMILES string of the molecule is Cc1cccc(NC(=O)Nc2ccnc(C(=O)c3cn(C(C)C)c4ncnc(N)c34)c2)c1. The van der Waals surface area contributed by atoms with Gasteiger partial charge in [0.15, 0.2) is 0 Å². The van der Waals surface area contributed by atoms with E-state index in [2.05, 4.69) is 25.6 Å². The molecule has 0 fully saturated rings.